The molecule has 0 saturated carbocycles. The van der Waals surface area contributed by atoms with Crippen LogP contribution in [0.15, 0.2) is 0 Å². The highest BCUT2D eigenvalue weighted by Crippen LogP contribution is 2.29. The second-order valence-electron chi connectivity index (χ2n) is 5.91. The summed E-state index contributed by atoms with van der Waals surface area (Å²) in [5.74, 6) is -1.07. The van der Waals surface area contributed by atoms with Crippen molar-refractivity contribution in [3.05, 3.63) is 0 Å². The van der Waals surface area contributed by atoms with Crippen LogP contribution in [0.25, 0.3) is 0 Å². The second-order valence-corrected chi connectivity index (χ2v) is 7.71. The Hall–Kier alpha value is -0.700. The molecule has 2 heterocycles. The summed E-state index contributed by atoms with van der Waals surface area (Å²) in [6, 6.07) is -0.951. The molecule has 1 unspecified atom stereocenters. The molecule has 2 aliphatic rings. The SMILES string of the molecule is CC1(C)COCCN1S(=O)(=O)N1CCCCC1C(=O)O. The van der Waals surface area contributed by atoms with Gasteiger partial charge < -0.3 is 9.84 Å². The van der Waals surface area contributed by atoms with E-state index in [4.69, 9.17) is 4.74 Å². The van der Waals surface area contributed by atoms with E-state index in [0.717, 1.165) is 10.7 Å². The minimum Gasteiger partial charge on any atom is -0.480 e. The summed E-state index contributed by atoms with van der Waals surface area (Å²) in [6.45, 7) is 4.78. The van der Waals surface area contributed by atoms with Crippen LogP contribution in [0.1, 0.15) is 33.1 Å². The lowest BCUT2D eigenvalue weighted by Gasteiger charge is -2.44. The molecular formula is C12H22N2O5S. The zero-order valence-electron chi connectivity index (χ0n) is 11.9. The van der Waals surface area contributed by atoms with Gasteiger partial charge in [-0.15, -0.1) is 0 Å². The second kappa shape index (κ2) is 5.59. The lowest BCUT2D eigenvalue weighted by atomic mass is 10.1. The van der Waals surface area contributed by atoms with E-state index in [0.29, 0.717) is 26.1 Å². The van der Waals surface area contributed by atoms with Gasteiger partial charge in [-0.1, -0.05) is 0 Å². The van der Waals surface area contributed by atoms with Gasteiger partial charge in [0, 0.05) is 13.1 Å². The molecule has 8 heteroatoms. The number of carboxylic acid groups (broad SMARTS) is 1. The number of carboxylic acids is 1. The number of nitrogens with zero attached hydrogens (tertiary/aromatic N) is 2. The monoisotopic (exact) mass is 306 g/mol. The number of ether oxygens (including phenoxy) is 1. The summed E-state index contributed by atoms with van der Waals surface area (Å²) >= 11 is 0. The third-order valence-corrected chi connectivity index (χ3v) is 6.15. The number of carbonyl (C=O) groups is 1. The topological polar surface area (TPSA) is 87.2 Å². The molecule has 2 saturated heterocycles. The van der Waals surface area contributed by atoms with Gasteiger partial charge in [-0.2, -0.15) is 17.0 Å². The maximum atomic E-state index is 12.8. The van der Waals surface area contributed by atoms with E-state index in [1.807, 2.05) is 0 Å². The van der Waals surface area contributed by atoms with Gasteiger partial charge in [0.1, 0.15) is 6.04 Å². The molecule has 20 heavy (non-hydrogen) atoms. The van der Waals surface area contributed by atoms with Crippen LogP contribution in [-0.2, 0) is 19.7 Å². The molecule has 1 atom stereocenters. The molecule has 2 aliphatic heterocycles. The van der Waals surface area contributed by atoms with E-state index >= 15 is 0 Å². The quantitative estimate of drug-likeness (QED) is 0.809. The summed E-state index contributed by atoms with van der Waals surface area (Å²) in [4.78, 5) is 11.3. The molecule has 0 radical (unpaired) electrons. The van der Waals surface area contributed by atoms with Crippen LogP contribution in [-0.4, -0.2) is 66.0 Å². The van der Waals surface area contributed by atoms with E-state index in [2.05, 4.69) is 0 Å². The van der Waals surface area contributed by atoms with E-state index in [1.165, 1.54) is 4.31 Å². The van der Waals surface area contributed by atoms with Crippen LogP contribution < -0.4 is 0 Å². The number of hydrogen-bond acceptors (Lipinski definition) is 4. The Morgan fingerprint density at radius 3 is 2.60 bits per heavy atom. The van der Waals surface area contributed by atoms with Crippen molar-refractivity contribution >= 4 is 16.2 Å². The third kappa shape index (κ3) is 2.83. The molecule has 7 nitrogen and oxygen atoms in total. The number of morpholine rings is 1. The molecule has 2 fully saturated rings. The first-order chi connectivity index (χ1) is 9.27. The number of hydrogen-bond donors (Lipinski definition) is 1. The summed E-state index contributed by atoms with van der Waals surface area (Å²) in [5.41, 5.74) is -0.655. The first-order valence-electron chi connectivity index (χ1n) is 6.87. The smallest absolute Gasteiger partial charge is 0.322 e. The zero-order valence-corrected chi connectivity index (χ0v) is 12.7. The number of aliphatic carboxylic acids is 1. The van der Waals surface area contributed by atoms with Crippen LogP contribution in [0.2, 0.25) is 0 Å². The molecule has 2 rings (SSSR count). The molecule has 0 aromatic rings. The van der Waals surface area contributed by atoms with Crippen molar-refractivity contribution in [2.24, 2.45) is 0 Å². The largest absolute Gasteiger partial charge is 0.480 e. The maximum Gasteiger partial charge on any atom is 0.322 e. The van der Waals surface area contributed by atoms with E-state index in [1.54, 1.807) is 13.8 Å². The molecule has 116 valence electrons. The van der Waals surface area contributed by atoms with Crippen molar-refractivity contribution in [1.29, 1.82) is 0 Å². The molecule has 1 N–H and O–H groups in total. The normalized spacial score (nSPS) is 29.2. The van der Waals surface area contributed by atoms with Crippen LogP contribution >= 0.6 is 0 Å². The van der Waals surface area contributed by atoms with E-state index in [-0.39, 0.29) is 13.1 Å². The molecule has 0 aromatic heterocycles. The summed E-state index contributed by atoms with van der Waals surface area (Å²) in [5, 5.41) is 9.25. The lowest BCUT2D eigenvalue weighted by Crippen LogP contribution is -2.62. The van der Waals surface area contributed by atoms with Crippen molar-refractivity contribution in [3.63, 3.8) is 0 Å². The van der Waals surface area contributed by atoms with Crippen LogP contribution in [0, 0.1) is 0 Å². The zero-order chi connectivity index (χ0) is 15.0. The third-order valence-electron chi connectivity index (χ3n) is 3.88. The Labute approximate surface area is 119 Å². The van der Waals surface area contributed by atoms with Gasteiger partial charge in [-0.25, -0.2) is 0 Å². The molecule has 0 spiro atoms. The average molecular weight is 306 g/mol. The van der Waals surface area contributed by atoms with Gasteiger partial charge in [0.05, 0.1) is 18.8 Å². The first kappa shape index (κ1) is 15.7. The van der Waals surface area contributed by atoms with Gasteiger partial charge in [-0.3, -0.25) is 4.79 Å². The Morgan fingerprint density at radius 1 is 1.30 bits per heavy atom. The van der Waals surface area contributed by atoms with Crippen molar-refractivity contribution < 1.29 is 23.1 Å². The van der Waals surface area contributed by atoms with Gasteiger partial charge in [0.2, 0.25) is 0 Å². The Balaban J connectivity index is 2.30. The van der Waals surface area contributed by atoms with Crippen LogP contribution in [0.4, 0.5) is 0 Å². The van der Waals surface area contributed by atoms with Gasteiger partial charge >= 0.3 is 5.97 Å². The van der Waals surface area contributed by atoms with E-state index < -0.39 is 27.8 Å². The van der Waals surface area contributed by atoms with E-state index in [9.17, 15) is 18.3 Å². The summed E-state index contributed by atoms with van der Waals surface area (Å²) in [6.07, 6.45) is 1.82. The molecule has 0 aromatic carbocycles. The molecular weight excluding hydrogens is 284 g/mol. The van der Waals surface area contributed by atoms with Crippen molar-refractivity contribution in [1.82, 2.24) is 8.61 Å². The number of piperidine rings is 1. The van der Waals surface area contributed by atoms with Crippen molar-refractivity contribution in [3.8, 4) is 0 Å². The Morgan fingerprint density at radius 2 is 2.00 bits per heavy atom. The highest BCUT2D eigenvalue weighted by Gasteiger charge is 2.46. The van der Waals surface area contributed by atoms with Crippen LogP contribution in [0.3, 0.4) is 0 Å². The number of rotatable bonds is 3. The fourth-order valence-corrected chi connectivity index (χ4v) is 4.94. The minimum absolute atomic E-state index is 0.262. The molecule has 0 amide bonds. The van der Waals surface area contributed by atoms with Gasteiger partial charge in [0.25, 0.3) is 10.2 Å². The highest BCUT2D eigenvalue weighted by atomic mass is 32.2. The van der Waals surface area contributed by atoms with Gasteiger partial charge in [0.15, 0.2) is 0 Å². The predicted molar refractivity (Wildman–Crippen MR) is 72.5 cm³/mol. The lowest BCUT2D eigenvalue weighted by molar-refractivity contribution is -0.142. The Bertz CT molecular complexity index is 476. The fraction of sp³-hybridized carbons (Fsp3) is 0.917. The summed E-state index contributed by atoms with van der Waals surface area (Å²) < 4.78 is 33.5. The highest BCUT2D eigenvalue weighted by molar-refractivity contribution is 7.86. The van der Waals surface area contributed by atoms with Crippen LogP contribution in [0.5, 0.6) is 0 Å². The predicted octanol–water partition coefficient (Wildman–Crippen LogP) is 0.281. The Kier molecular flexibility index (Phi) is 4.38. The molecule has 0 aliphatic carbocycles. The van der Waals surface area contributed by atoms with Crippen molar-refractivity contribution in [2.45, 2.75) is 44.7 Å². The standard InChI is InChI=1S/C12H22N2O5S/c1-12(2)9-19-8-7-14(12)20(17,18)13-6-4-3-5-10(13)11(15)16/h10H,3-9H2,1-2H3,(H,15,16). The first-order valence-corrected chi connectivity index (χ1v) is 8.27. The maximum absolute atomic E-state index is 12.8. The van der Waals surface area contributed by atoms with Crippen molar-refractivity contribution in [2.75, 3.05) is 26.3 Å². The van der Waals surface area contributed by atoms with Gasteiger partial charge in [-0.05, 0) is 33.1 Å². The fourth-order valence-electron chi connectivity index (χ4n) is 2.83. The summed E-state index contributed by atoms with van der Waals surface area (Å²) in [7, 11) is -3.78. The average Bonchev–Trinajstić information content (AvgIpc) is 2.37. The molecule has 0 bridgehead atoms. The minimum atomic E-state index is -3.78.